The van der Waals surface area contributed by atoms with E-state index in [4.69, 9.17) is 0 Å². The molecule has 138 valence electrons. The molecule has 2 aromatic heterocycles. The van der Waals surface area contributed by atoms with Gasteiger partial charge in [-0.25, -0.2) is 19.3 Å². The molecule has 1 N–H and O–H groups in total. The van der Waals surface area contributed by atoms with E-state index >= 15 is 0 Å². The first-order valence-corrected chi connectivity index (χ1v) is 8.78. The van der Waals surface area contributed by atoms with Crippen molar-refractivity contribution in [2.75, 3.05) is 5.32 Å². The molecule has 4 aromatic rings. The number of hydrogen-bond acceptors (Lipinski definition) is 4. The fourth-order valence-corrected chi connectivity index (χ4v) is 2.92. The highest BCUT2D eigenvalue weighted by Crippen LogP contribution is 2.22. The minimum atomic E-state index is -0.539. The highest BCUT2D eigenvalue weighted by atomic mass is 19.1. The lowest BCUT2D eigenvalue weighted by atomic mass is 10.1. The fourth-order valence-electron chi connectivity index (χ4n) is 2.92. The number of benzene rings is 2. The maximum atomic E-state index is 14.0. The SMILES string of the molecule is Cc1nc2cc(F)cc(C(=O)Nc3ccc(-c4ccccc4)cn3)c2nc1C. The summed E-state index contributed by atoms with van der Waals surface area (Å²) in [6, 6.07) is 15.8. The maximum absolute atomic E-state index is 14.0. The van der Waals surface area contributed by atoms with Crippen LogP contribution in [0.1, 0.15) is 21.7 Å². The van der Waals surface area contributed by atoms with Crippen LogP contribution in [0.15, 0.2) is 60.8 Å². The van der Waals surface area contributed by atoms with Crippen LogP contribution in [0.2, 0.25) is 0 Å². The van der Waals surface area contributed by atoms with E-state index in [9.17, 15) is 9.18 Å². The van der Waals surface area contributed by atoms with E-state index in [2.05, 4.69) is 20.3 Å². The molecular weight excluding hydrogens is 355 g/mol. The van der Waals surface area contributed by atoms with Crippen LogP contribution in [0.25, 0.3) is 22.2 Å². The smallest absolute Gasteiger partial charge is 0.259 e. The van der Waals surface area contributed by atoms with Crippen molar-refractivity contribution >= 4 is 22.8 Å². The average molecular weight is 372 g/mol. The predicted octanol–water partition coefficient (Wildman–Crippen LogP) is 4.70. The Kier molecular flexibility index (Phi) is 4.53. The van der Waals surface area contributed by atoms with Crippen molar-refractivity contribution < 1.29 is 9.18 Å². The number of carbonyl (C=O) groups is 1. The first kappa shape index (κ1) is 17.7. The number of nitrogens with one attached hydrogen (secondary N) is 1. The first-order valence-electron chi connectivity index (χ1n) is 8.78. The Morgan fingerprint density at radius 1 is 0.929 bits per heavy atom. The van der Waals surface area contributed by atoms with Crippen molar-refractivity contribution in [3.63, 3.8) is 0 Å². The Morgan fingerprint density at radius 2 is 1.68 bits per heavy atom. The minimum absolute atomic E-state index is 0.125. The van der Waals surface area contributed by atoms with Gasteiger partial charge in [0.1, 0.15) is 17.2 Å². The Labute approximate surface area is 161 Å². The third-order valence-corrected chi connectivity index (χ3v) is 4.50. The van der Waals surface area contributed by atoms with Gasteiger partial charge >= 0.3 is 0 Å². The van der Waals surface area contributed by atoms with Crippen LogP contribution in [0.5, 0.6) is 0 Å². The summed E-state index contributed by atoms with van der Waals surface area (Å²) in [4.78, 5) is 25.8. The summed E-state index contributed by atoms with van der Waals surface area (Å²) in [5, 5.41) is 2.71. The molecule has 5 nitrogen and oxygen atoms in total. The van der Waals surface area contributed by atoms with Crippen molar-refractivity contribution in [2.24, 2.45) is 0 Å². The predicted molar refractivity (Wildman–Crippen MR) is 107 cm³/mol. The molecule has 0 atom stereocenters. The summed E-state index contributed by atoms with van der Waals surface area (Å²) < 4.78 is 14.0. The topological polar surface area (TPSA) is 67.8 Å². The molecule has 0 radical (unpaired) electrons. The molecule has 2 heterocycles. The first-order chi connectivity index (χ1) is 13.5. The number of nitrogens with zero attached hydrogens (tertiary/aromatic N) is 3. The molecule has 0 saturated heterocycles. The van der Waals surface area contributed by atoms with Gasteiger partial charge in [0.15, 0.2) is 0 Å². The van der Waals surface area contributed by atoms with Gasteiger partial charge in [-0.15, -0.1) is 0 Å². The van der Waals surface area contributed by atoms with Crippen molar-refractivity contribution in [3.8, 4) is 11.1 Å². The number of aryl methyl sites for hydroxylation is 2. The molecule has 28 heavy (non-hydrogen) atoms. The van der Waals surface area contributed by atoms with Gasteiger partial charge < -0.3 is 5.32 Å². The normalized spacial score (nSPS) is 10.8. The lowest BCUT2D eigenvalue weighted by molar-refractivity contribution is 0.102. The summed E-state index contributed by atoms with van der Waals surface area (Å²) in [6.07, 6.45) is 1.68. The van der Waals surface area contributed by atoms with Gasteiger partial charge in [-0.1, -0.05) is 30.3 Å². The van der Waals surface area contributed by atoms with Gasteiger partial charge in [-0.3, -0.25) is 4.79 Å². The van der Waals surface area contributed by atoms with Crippen LogP contribution in [0.4, 0.5) is 10.2 Å². The van der Waals surface area contributed by atoms with E-state index in [0.29, 0.717) is 28.2 Å². The number of amides is 1. The third-order valence-electron chi connectivity index (χ3n) is 4.50. The van der Waals surface area contributed by atoms with E-state index in [1.54, 1.807) is 26.1 Å². The standard InChI is InChI=1S/C22H17FN4O/c1-13-14(2)26-21-18(10-17(23)11-19(21)25-13)22(28)27-20-9-8-16(12-24-20)15-6-4-3-5-7-15/h3-12H,1-2H3,(H,24,27,28). The van der Waals surface area contributed by atoms with E-state index in [1.165, 1.54) is 12.1 Å². The number of fused-ring (bicyclic) bond motifs is 1. The van der Waals surface area contributed by atoms with Gasteiger partial charge in [0.2, 0.25) is 0 Å². The molecule has 1 amide bonds. The van der Waals surface area contributed by atoms with E-state index < -0.39 is 11.7 Å². The molecular formula is C22H17FN4O. The van der Waals surface area contributed by atoms with Crippen LogP contribution < -0.4 is 5.32 Å². The molecule has 4 rings (SSSR count). The Hall–Kier alpha value is -3.67. The zero-order valence-corrected chi connectivity index (χ0v) is 15.4. The molecule has 0 saturated carbocycles. The number of carbonyl (C=O) groups excluding carboxylic acids is 1. The lowest BCUT2D eigenvalue weighted by Crippen LogP contribution is -2.15. The highest BCUT2D eigenvalue weighted by molar-refractivity contribution is 6.11. The second-order valence-corrected chi connectivity index (χ2v) is 6.47. The molecule has 6 heteroatoms. The number of pyridine rings is 1. The number of rotatable bonds is 3. The Balaban J connectivity index is 1.64. The van der Waals surface area contributed by atoms with E-state index in [1.807, 2.05) is 36.4 Å². The molecule has 0 fully saturated rings. The molecule has 2 aromatic carbocycles. The second kappa shape index (κ2) is 7.15. The quantitative estimate of drug-likeness (QED) is 0.566. The molecule has 0 unspecified atom stereocenters. The molecule has 0 spiro atoms. The molecule has 0 bridgehead atoms. The number of halogens is 1. The minimum Gasteiger partial charge on any atom is -0.306 e. The molecule has 0 aliphatic rings. The van der Waals surface area contributed by atoms with Gasteiger partial charge in [0.05, 0.1) is 22.5 Å². The summed E-state index contributed by atoms with van der Waals surface area (Å²) in [5.41, 5.74) is 4.20. The largest absolute Gasteiger partial charge is 0.306 e. The monoisotopic (exact) mass is 372 g/mol. The van der Waals surface area contributed by atoms with Gasteiger partial charge in [-0.2, -0.15) is 0 Å². The Morgan fingerprint density at radius 3 is 2.39 bits per heavy atom. The van der Waals surface area contributed by atoms with Crippen LogP contribution in [-0.4, -0.2) is 20.9 Å². The zero-order chi connectivity index (χ0) is 19.7. The highest BCUT2D eigenvalue weighted by Gasteiger charge is 2.16. The van der Waals surface area contributed by atoms with Crippen LogP contribution in [0.3, 0.4) is 0 Å². The lowest BCUT2D eigenvalue weighted by Gasteiger charge is -2.09. The third kappa shape index (κ3) is 3.44. The summed E-state index contributed by atoms with van der Waals surface area (Å²) in [6.45, 7) is 3.60. The number of anilines is 1. The Bertz CT molecular complexity index is 1170. The van der Waals surface area contributed by atoms with Gasteiger partial charge in [-0.05, 0) is 37.6 Å². The summed E-state index contributed by atoms with van der Waals surface area (Å²) in [7, 11) is 0. The van der Waals surface area contributed by atoms with Crippen molar-refractivity contribution in [3.05, 3.63) is 83.6 Å². The maximum Gasteiger partial charge on any atom is 0.259 e. The van der Waals surface area contributed by atoms with E-state index in [-0.39, 0.29) is 5.56 Å². The van der Waals surface area contributed by atoms with Crippen molar-refractivity contribution in [2.45, 2.75) is 13.8 Å². The average Bonchev–Trinajstić information content (AvgIpc) is 2.70. The van der Waals surface area contributed by atoms with E-state index in [0.717, 1.165) is 11.1 Å². The van der Waals surface area contributed by atoms with Crippen molar-refractivity contribution in [1.29, 1.82) is 0 Å². The van der Waals surface area contributed by atoms with Crippen LogP contribution in [-0.2, 0) is 0 Å². The van der Waals surface area contributed by atoms with Gasteiger partial charge in [0, 0.05) is 17.8 Å². The van der Waals surface area contributed by atoms with Crippen LogP contribution >= 0.6 is 0 Å². The van der Waals surface area contributed by atoms with Gasteiger partial charge in [0.25, 0.3) is 5.91 Å². The fraction of sp³-hybridized carbons (Fsp3) is 0.0909. The zero-order valence-electron chi connectivity index (χ0n) is 15.4. The summed E-state index contributed by atoms with van der Waals surface area (Å²) >= 11 is 0. The number of hydrogen-bond donors (Lipinski definition) is 1. The summed E-state index contributed by atoms with van der Waals surface area (Å²) in [5.74, 6) is -0.650. The molecule has 0 aliphatic carbocycles. The number of aromatic nitrogens is 3. The molecule has 0 aliphatic heterocycles. The second-order valence-electron chi connectivity index (χ2n) is 6.47. The van der Waals surface area contributed by atoms with Crippen molar-refractivity contribution in [1.82, 2.24) is 15.0 Å². The van der Waals surface area contributed by atoms with Crippen LogP contribution in [0, 0.1) is 19.7 Å².